The molecule has 0 amide bonds. The Morgan fingerprint density at radius 2 is 1.71 bits per heavy atom. The van der Waals surface area contributed by atoms with Crippen molar-refractivity contribution in [2.75, 3.05) is 7.11 Å². The molecule has 0 radical (unpaired) electrons. The number of carbonyl (C=O) groups excluding carboxylic acids is 1. The zero-order chi connectivity index (χ0) is 15.6. The Balaban J connectivity index is 2.58. The van der Waals surface area contributed by atoms with Crippen molar-refractivity contribution in [1.29, 1.82) is 0 Å². The molecule has 2 aromatic rings. The van der Waals surface area contributed by atoms with Crippen molar-refractivity contribution in [2.45, 2.75) is 13.1 Å². The Morgan fingerprint density at radius 1 is 1.05 bits per heavy atom. The summed E-state index contributed by atoms with van der Waals surface area (Å²) in [6.07, 6.45) is -4.57. The topological polar surface area (TPSA) is 26.3 Å². The Hall–Kier alpha value is -2.30. The van der Waals surface area contributed by atoms with Crippen LogP contribution in [0.4, 0.5) is 13.2 Å². The number of Topliss-reactive ketones (excluding diaryl/α,β-unsaturated/α-hetero) is 1. The van der Waals surface area contributed by atoms with Gasteiger partial charge in [0.05, 0.1) is 12.7 Å². The van der Waals surface area contributed by atoms with Crippen molar-refractivity contribution in [3.63, 3.8) is 0 Å². The Morgan fingerprint density at radius 3 is 2.29 bits per heavy atom. The number of carbonyl (C=O) groups is 1. The normalized spacial score (nSPS) is 11.3. The fraction of sp³-hybridized carbons (Fsp3) is 0.188. The number of alkyl halides is 3. The monoisotopic (exact) mass is 294 g/mol. The molecule has 0 aliphatic rings. The highest BCUT2D eigenvalue weighted by Crippen LogP contribution is 2.35. The molecule has 0 bridgehead atoms. The summed E-state index contributed by atoms with van der Waals surface area (Å²) >= 11 is 0. The van der Waals surface area contributed by atoms with E-state index in [1.54, 1.807) is 24.3 Å². The minimum atomic E-state index is -4.57. The van der Waals surface area contributed by atoms with Crippen molar-refractivity contribution in [1.82, 2.24) is 0 Å². The van der Waals surface area contributed by atoms with E-state index < -0.39 is 17.5 Å². The minimum absolute atomic E-state index is 0.325. The average Bonchev–Trinajstić information content (AvgIpc) is 2.45. The Labute approximate surface area is 120 Å². The van der Waals surface area contributed by atoms with Gasteiger partial charge in [0.1, 0.15) is 5.75 Å². The number of halogens is 3. The molecule has 0 saturated carbocycles. The lowest BCUT2D eigenvalue weighted by Gasteiger charge is -2.13. The molecule has 5 heteroatoms. The van der Waals surface area contributed by atoms with Gasteiger partial charge < -0.3 is 4.74 Å². The van der Waals surface area contributed by atoms with Crippen molar-refractivity contribution < 1.29 is 22.7 Å². The lowest BCUT2D eigenvalue weighted by Crippen LogP contribution is -2.11. The maximum absolute atomic E-state index is 13.1. The summed E-state index contributed by atoms with van der Waals surface area (Å²) in [7, 11) is 1.49. The predicted molar refractivity (Wildman–Crippen MR) is 73.4 cm³/mol. The van der Waals surface area contributed by atoms with E-state index in [9.17, 15) is 18.0 Å². The van der Waals surface area contributed by atoms with Crippen molar-refractivity contribution in [3.8, 4) is 16.9 Å². The maximum Gasteiger partial charge on any atom is 0.417 e. The van der Waals surface area contributed by atoms with Gasteiger partial charge in [-0.2, -0.15) is 13.2 Å². The van der Waals surface area contributed by atoms with Crippen molar-refractivity contribution in [2.24, 2.45) is 0 Å². The van der Waals surface area contributed by atoms with Crippen LogP contribution < -0.4 is 4.74 Å². The maximum atomic E-state index is 13.1. The molecule has 0 saturated heterocycles. The minimum Gasteiger partial charge on any atom is -0.497 e. The number of ether oxygens (including phenoxy) is 1. The van der Waals surface area contributed by atoms with E-state index in [1.807, 2.05) is 0 Å². The molecule has 2 nitrogen and oxygen atoms in total. The van der Waals surface area contributed by atoms with E-state index in [1.165, 1.54) is 19.2 Å². The standard InChI is InChI=1S/C16H13F3O2/c1-10(20)14-7-6-12(9-15(14)16(17,18)19)11-4-3-5-13(8-11)21-2/h3-9H,1-2H3. The van der Waals surface area contributed by atoms with E-state index in [0.29, 0.717) is 16.9 Å². The second-order valence-electron chi connectivity index (χ2n) is 4.55. The summed E-state index contributed by atoms with van der Waals surface area (Å²) in [5.74, 6) is -0.0591. The van der Waals surface area contributed by atoms with Crippen LogP contribution in [0.2, 0.25) is 0 Å². The van der Waals surface area contributed by atoms with E-state index >= 15 is 0 Å². The van der Waals surface area contributed by atoms with E-state index in [-0.39, 0.29) is 5.56 Å². The predicted octanol–water partition coefficient (Wildman–Crippen LogP) is 4.58. The second kappa shape index (κ2) is 5.60. The van der Waals surface area contributed by atoms with E-state index in [4.69, 9.17) is 4.74 Å². The second-order valence-corrected chi connectivity index (χ2v) is 4.55. The summed E-state index contributed by atoms with van der Waals surface area (Å²) < 4.78 is 44.3. The van der Waals surface area contributed by atoms with Crippen LogP contribution in [0.25, 0.3) is 11.1 Å². The average molecular weight is 294 g/mol. The fourth-order valence-electron chi connectivity index (χ4n) is 2.07. The van der Waals surface area contributed by atoms with Gasteiger partial charge >= 0.3 is 6.18 Å². The van der Waals surface area contributed by atoms with E-state index in [2.05, 4.69) is 0 Å². The van der Waals surface area contributed by atoms with Gasteiger partial charge in [0.25, 0.3) is 0 Å². The van der Waals surface area contributed by atoms with Crippen LogP contribution in [-0.4, -0.2) is 12.9 Å². The van der Waals surface area contributed by atoms with Crippen molar-refractivity contribution in [3.05, 3.63) is 53.6 Å². The Kier molecular flexibility index (Phi) is 4.02. The first-order chi connectivity index (χ1) is 9.82. The van der Waals surface area contributed by atoms with Gasteiger partial charge in [-0.15, -0.1) is 0 Å². The first kappa shape index (κ1) is 15.1. The third-order valence-electron chi connectivity index (χ3n) is 3.11. The summed E-state index contributed by atoms with van der Waals surface area (Å²) in [5.41, 5.74) is -0.273. The third-order valence-corrected chi connectivity index (χ3v) is 3.11. The number of hydrogen-bond donors (Lipinski definition) is 0. The molecule has 21 heavy (non-hydrogen) atoms. The number of methoxy groups -OCH3 is 1. The van der Waals surface area contributed by atoms with Crippen LogP contribution in [-0.2, 0) is 6.18 Å². The molecule has 0 spiro atoms. The highest BCUT2D eigenvalue weighted by atomic mass is 19.4. The van der Waals surface area contributed by atoms with Crippen LogP contribution in [0.3, 0.4) is 0 Å². The molecule has 0 N–H and O–H groups in total. The molecule has 2 rings (SSSR count). The van der Waals surface area contributed by atoms with Gasteiger partial charge in [0.15, 0.2) is 5.78 Å². The zero-order valence-corrected chi connectivity index (χ0v) is 11.5. The third kappa shape index (κ3) is 3.24. The van der Waals surface area contributed by atoms with E-state index in [0.717, 1.165) is 13.0 Å². The molecule has 0 aliphatic heterocycles. The summed E-state index contributed by atoms with van der Waals surface area (Å²) in [4.78, 5) is 11.3. The number of ketones is 1. The lowest BCUT2D eigenvalue weighted by molar-refractivity contribution is -0.137. The molecular weight excluding hydrogens is 281 g/mol. The molecule has 0 aliphatic carbocycles. The summed E-state index contributed by atoms with van der Waals surface area (Å²) in [6.45, 7) is 1.12. The van der Waals surface area contributed by atoms with Gasteiger partial charge in [-0.05, 0) is 36.2 Å². The summed E-state index contributed by atoms with van der Waals surface area (Å²) in [6, 6.07) is 10.4. The van der Waals surface area contributed by atoms with Gasteiger partial charge in [0.2, 0.25) is 0 Å². The first-order valence-electron chi connectivity index (χ1n) is 6.19. The fourth-order valence-corrected chi connectivity index (χ4v) is 2.07. The molecule has 110 valence electrons. The SMILES string of the molecule is COc1cccc(-c2ccc(C(C)=O)c(C(F)(F)F)c2)c1. The first-order valence-corrected chi connectivity index (χ1v) is 6.19. The van der Waals surface area contributed by atoms with Crippen LogP contribution in [0.15, 0.2) is 42.5 Å². The molecule has 0 heterocycles. The quantitative estimate of drug-likeness (QED) is 0.774. The largest absolute Gasteiger partial charge is 0.497 e. The van der Waals surface area contributed by atoms with Gasteiger partial charge in [-0.3, -0.25) is 4.79 Å². The van der Waals surface area contributed by atoms with Crippen LogP contribution in [0.5, 0.6) is 5.75 Å². The van der Waals surface area contributed by atoms with Crippen LogP contribution in [0, 0.1) is 0 Å². The van der Waals surface area contributed by atoms with Gasteiger partial charge in [0, 0.05) is 5.56 Å². The lowest BCUT2D eigenvalue weighted by atomic mass is 9.97. The Bertz CT molecular complexity index is 675. The number of benzene rings is 2. The van der Waals surface area contributed by atoms with Crippen molar-refractivity contribution >= 4 is 5.78 Å². The van der Waals surface area contributed by atoms with Crippen LogP contribution in [0.1, 0.15) is 22.8 Å². The molecule has 0 unspecified atom stereocenters. The summed E-state index contributed by atoms with van der Waals surface area (Å²) in [5, 5.41) is 0. The smallest absolute Gasteiger partial charge is 0.417 e. The highest BCUT2D eigenvalue weighted by Gasteiger charge is 2.34. The zero-order valence-electron chi connectivity index (χ0n) is 11.5. The van der Waals surface area contributed by atoms with Gasteiger partial charge in [-0.25, -0.2) is 0 Å². The number of hydrogen-bond acceptors (Lipinski definition) is 2. The van der Waals surface area contributed by atoms with Gasteiger partial charge in [-0.1, -0.05) is 24.3 Å². The highest BCUT2D eigenvalue weighted by molar-refractivity contribution is 5.96. The molecular formula is C16H13F3O2. The number of rotatable bonds is 3. The van der Waals surface area contributed by atoms with Crippen LogP contribution >= 0.6 is 0 Å². The molecule has 0 aromatic heterocycles. The molecule has 0 atom stereocenters. The molecule has 2 aromatic carbocycles. The molecule has 0 fully saturated rings.